The Labute approximate surface area is 101 Å². The Morgan fingerprint density at radius 1 is 1.29 bits per heavy atom. The average molecular weight is 231 g/mol. The Bertz CT molecular complexity index is 465. The molecule has 0 saturated heterocycles. The minimum Gasteiger partial charge on any atom is -0.339 e. The van der Waals surface area contributed by atoms with Crippen LogP contribution in [0.15, 0.2) is 34.9 Å². The van der Waals surface area contributed by atoms with Crippen LogP contribution in [0.5, 0.6) is 0 Å². The highest BCUT2D eigenvalue weighted by Crippen LogP contribution is 2.26. The first-order valence-electron chi connectivity index (χ1n) is 5.86. The van der Waals surface area contributed by atoms with Gasteiger partial charge in [0.2, 0.25) is 5.89 Å². The molecule has 17 heavy (non-hydrogen) atoms. The summed E-state index contributed by atoms with van der Waals surface area (Å²) in [6.07, 6.45) is 0.921. The number of nitrogens with two attached hydrogens (primary N) is 1. The van der Waals surface area contributed by atoms with Crippen LogP contribution in [-0.2, 0) is 0 Å². The van der Waals surface area contributed by atoms with Crippen LogP contribution < -0.4 is 5.73 Å². The summed E-state index contributed by atoms with van der Waals surface area (Å²) in [6, 6.07) is 9.98. The highest BCUT2D eigenvalue weighted by Gasteiger charge is 2.20. The normalized spacial score (nSPS) is 14.5. The Kier molecular flexibility index (Phi) is 3.54. The maximum Gasteiger partial charge on any atom is 0.234 e. The molecule has 0 bridgehead atoms. The van der Waals surface area contributed by atoms with Crippen molar-refractivity contribution in [1.29, 1.82) is 0 Å². The molecule has 1 heterocycles. The van der Waals surface area contributed by atoms with E-state index in [1.165, 1.54) is 5.56 Å². The molecule has 0 saturated carbocycles. The molecule has 90 valence electrons. The van der Waals surface area contributed by atoms with Gasteiger partial charge in [-0.1, -0.05) is 42.4 Å². The van der Waals surface area contributed by atoms with Gasteiger partial charge in [0.15, 0.2) is 5.82 Å². The highest BCUT2D eigenvalue weighted by atomic mass is 16.5. The second kappa shape index (κ2) is 5.10. The lowest BCUT2D eigenvalue weighted by atomic mass is 9.96. The van der Waals surface area contributed by atoms with E-state index in [0.29, 0.717) is 11.7 Å². The SMILES string of the molecule is CCC(c1ccccc1)c1nc(C(C)N)no1. The summed E-state index contributed by atoms with van der Waals surface area (Å²) in [7, 11) is 0. The molecule has 0 aliphatic rings. The van der Waals surface area contributed by atoms with E-state index in [1.54, 1.807) is 0 Å². The quantitative estimate of drug-likeness (QED) is 0.878. The van der Waals surface area contributed by atoms with Crippen LogP contribution in [0.2, 0.25) is 0 Å². The standard InChI is InChI=1S/C13H17N3O/c1-3-11(10-7-5-4-6-8-10)13-15-12(9(2)14)16-17-13/h4-9,11H,3,14H2,1-2H3. The number of nitrogens with zero attached hydrogens (tertiary/aromatic N) is 2. The van der Waals surface area contributed by atoms with Crippen molar-refractivity contribution in [2.45, 2.75) is 32.2 Å². The van der Waals surface area contributed by atoms with Gasteiger partial charge in [0, 0.05) is 0 Å². The van der Waals surface area contributed by atoms with Gasteiger partial charge < -0.3 is 10.3 Å². The predicted octanol–water partition coefficient (Wildman–Crippen LogP) is 2.63. The third-order valence-electron chi connectivity index (χ3n) is 2.77. The van der Waals surface area contributed by atoms with E-state index in [1.807, 2.05) is 25.1 Å². The first-order valence-corrected chi connectivity index (χ1v) is 5.86. The molecule has 2 atom stereocenters. The zero-order chi connectivity index (χ0) is 12.3. The van der Waals surface area contributed by atoms with E-state index < -0.39 is 0 Å². The van der Waals surface area contributed by atoms with Crippen LogP contribution in [0.3, 0.4) is 0 Å². The zero-order valence-corrected chi connectivity index (χ0v) is 10.1. The lowest BCUT2D eigenvalue weighted by Crippen LogP contribution is -2.07. The topological polar surface area (TPSA) is 64.9 Å². The maximum absolute atomic E-state index is 5.72. The Morgan fingerprint density at radius 3 is 2.53 bits per heavy atom. The molecule has 0 spiro atoms. The van der Waals surface area contributed by atoms with Crippen LogP contribution in [-0.4, -0.2) is 10.1 Å². The minimum atomic E-state index is -0.194. The molecule has 0 aliphatic heterocycles. The van der Waals surface area contributed by atoms with Crippen molar-refractivity contribution in [3.05, 3.63) is 47.6 Å². The highest BCUT2D eigenvalue weighted by molar-refractivity contribution is 5.24. The van der Waals surface area contributed by atoms with Crippen LogP contribution >= 0.6 is 0 Å². The van der Waals surface area contributed by atoms with Crippen molar-refractivity contribution in [1.82, 2.24) is 10.1 Å². The van der Waals surface area contributed by atoms with Crippen molar-refractivity contribution < 1.29 is 4.52 Å². The van der Waals surface area contributed by atoms with Gasteiger partial charge in [-0.2, -0.15) is 4.98 Å². The summed E-state index contributed by atoms with van der Waals surface area (Å²) < 4.78 is 5.29. The molecule has 0 fully saturated rings. The molecular weight excluding hydrogens is 214 g/mol. The van der Waals surface area contributed by atoms with Crippen LogP contribution in [0.4, 0.5) is 0 Å². The molecule has 2 N–H and O–H groups in total. The third-order valence-corrected chi connectivity index (χ3v) is 2.77. The molecule has 2 aromatic rings. The van der Waals surface area contributed by atoms with Gasteiger partial charge in [0.1, 0.15) is 0 Å². The molecule has 1 aromatic heterocycles. The maximum atomic E-state index is 5.72. The summed E-state index contributed by atoms with van der Waals surface area (Å²) in [5.41, 5.74) is 6.91. The van der Waals surface area contributed by atoms with Crippen molar-refractivity contribution in [2.75, 3.05) is 0 Å². The zero-order valence-electron chi connectivity index (χ0n) is 10.1. The number of rotatable bonds is 4. The minimum absolute atomic E-state index is 0.149. The van der Waals surface area contributed by atoms with Gasteiger partial charge in [0.25, 0.3) is 0 Å². The average Bonchev–Trinajstić information content (AvgIpc) is 2.81. The summed E-state index contributed by atoms with van der Waals surface area (Å²) in [4.78, 5) is 4.35. The van der Waals surface area contributed by atoms with Gasteiger partial charge in [-0.3, -0.25) is 0 Å². The van der Waals surface area contributed by atoms with Gasteiger partial charge in [0.05, 0.1) is 12.0 Å². The summed E-state index contributed by atoms with van der Waals surface area (Å²) >= 11 is 0. The molecule has 4 heteroatoms. The largest absolute Gasteiger partial charge is 0.339 e. The Hall–Kier alpha value is -1.68. The van der Waals surface area contributed by atoms with Crippen molar-refractivity contribution in [3.8, 4) is 0 Å². The van der Waals surface area contributed by atoms with E-state index >= 15 is 0 Å². The van der Waals surface area contributed by atoms with E-state index in [9.17, 15) is 0 Å². The molecule has 0 aliphatic carbocycles. The van der Waals surface area contributed by atoms with Crippen LogP contribution in [0.25, 0.3) is 0 Å². The van der Waals surface area contributed by atoms with E-state index in [-0.39, 0.29) is 12.0 Å². The number of hydrogen-bond acceptors (Lipinski definition) is 4. The second-order valence-corrected chi connectivity index (χ2v) is 4.15. The lowest BCUT2D eigenvalue weighted by molar-refractivity contribution is 0.356. The van der Waals surface area contributed by atoms with E-state index in [2.05, 4.69) is 29.2 Å². The summed E-state index contributed by atoms with van der Waals surface area (Å²) in [5.74, 6) is 1.36. The summed E-state index contributed by atoms with van der Waals surface area (Å²) in [6.45, 7) is 3.95. The molecule has 4 nitrogen and oxygen atoms in total. The van der Waals surface area contributed by atoms with Gasteiger partial charge >= 0.3 is 0 Å². The van der Waals surface area contributed by atoms with Gasteiger partial charge in [-0.05, 0) is 18.9 Å². The molecule has 1 aromatic carbocycles. The number of hydrogen-bond donors (Lipinski definition) is 1. The monoisotopic (exact) mass is 231 g/mol. The van der Waals surface area contributed by atoms with Gasteiger partial charge in [-0.25, -0.2) is 0 Å². The van der Waals surface area contributed by atoms with E-state index in [4.69, 9.17) is 10.3 Å². The number of benzene rings is 1. The molecule has 2 unspecified atom stereocenters. The fraction of sp³-hybridized carbons (Fsp3) is 0.385. The second-order valence-electron chi connectivity index (χ2n) is 4.15. The molecule has 0 radical (unpaired) electrons. The van der Waals surface area contributed by atoms with Crippen molar-refractivity contribution >= 4 is 0 Å². The van der Waals surface area contributed by atoms with Crippen LogP contribution in [0, 0.1) is 0 Å². The van der Waals surface area contributed by atoms with Crippen molar-refractivity contribution in [3.63, 3.8) is 0 Å². The summed E-state index contributed by atoms with van der Waals surface area (Å²) in [5, 5.41) is 3.90. The first-order chi connectivity index (χ1) is 8.22. The Morgan fingerprint density at radius 2 is 2.00 bits per heavy atom. The van der Waals surface area contributed by atoms with Crippen LogP contribution in [0.1, 0.15) is 49.5 Å². The fourth-order valence-corrected chi connectivity index (χ4v) is 1.81. The van der Waals surface area contributed by atoms with Crippen molar-refractivity contribution in [2.24, 2.45) is 5.73 Å². The third kappa shape index (κ3) is 2.53. The number of aromatic nitrogens is 2. The molecule has 0 amide bonds. The fourth-order valence-electron chi connectivity index (χ4n) is 1.81. The predicted molar refractivity (Wildman–Crippen MR) is 65.5 cm³/mol. The Balaban J connectivity index is 2.29. The lowest BCUT2D eigenvalue weighted by Gasteiger charge is -2.09. The smallest absolute Gasteiger partial charge is 0.234 e. The first kappa shape index (κ1) is 11.8. The van der Waals surface area contributed by atoms with E-state index in [0.717, 1.165) is 6.42 Å². The molecule has 2 rings (SSSR count). The molecular formula is C13H17N3O. The van der Waals surface area contributed by atoms with Gasteiger partial charge in [-0.15, -0.1) is 0 Å².